The zero-order valence-electron chi connectivity index (χ0n) is 20.5. The molecular formula is C28H32F2N2O4. The molecular weight excluding hydrogens is 466 g/mol. The number of ketones is 1. The molecule has 192 valence electrons. The maximum Gasteiger partial charge on any atom is 0.190 e. The Morgan fingerprint density at radius 2 is 1.92 bits per heavy atom. The Morgan fingerprint density at radius 1 is 1.19 bits per heavy atom. The zero-order valence-corrected chi connectivity index (χ0v) is 20.5. The number of carbonyl (C=O) groups is 1. The molecule has 6 nitrogen and oxygen atoms in total. The van der Waals surface area contributed by atoms with E-state index < -0.39 is 41.1 Å². The largest absolute Gasteiger partial charge is 0.393 e. The van der Waals surface area contributed by atoms with Gasteiger partial charge in [0.15, 0.2) is 5.78 Å². The smallest absolute Gasteiger partial charge is 0.190 e. The van der Waals surface area contributed by atoms with Gasteiger partial charge >= 0.3 is 0 Å². The van der Waals surface area contributed by atoms with E-state index in [-0.39, 0.29) is 23.2 Å². The first-order valence-electron chi connectivity index (χ1n) is 12.8. The number of aliphatic hydroxyl groups excluding tert-OH is 2. The highest BCUT2D eigenvalue weighted by atomic mass is 19.1. The molecule has 1 heterocycles. The van der Waals surface area contributed by atoms with Crippen molar-refractivity contribution < 1.29 is 28.9 Å². The van der Waals surface area contributed by atoms with Crippen LogP contribution < -0.4 is 0 Å². The molecule has 2 aromatic rings. The Bertz CT molecular complexity index is 1270. The molecule has 0 bridgehead atoms. The molecule has 3 N–H and O–H groups in total. The van der Waals surface area contributed by atoms with E-state index >= 15 is 0 Å². The predicted octanol–water partition coefficient (Wildman–Crippen LogP) is 3.60. The van der Waals surface area contributed by atoms with Gasteiger partial charge in [0.05, 0.1) is 23.7 Å². The molecule has 8 heteroatoms. The molecule has 0 radical (unpaired) electrons. The third-order valence-electron chi connectivity index (χ3n) is 10.3. The average Bonchev–Trinajstić information content (AvgIpc) is 3.33. The monoisotopic (exact) mass is 498 g/mol. The Hall–Kier alpha value is -2.42. The molecule has 4 aliphatic rings. The van der Waals surface area contributed by atoms with Crippen molar-refractivity contribution in [2.45, 2.75) is 64.1 Å². The molecule has 6 rings (SSSR count). The van der Waals surface area contributed by atoms with E-state index in [4.69, 9.17) is 0 Å². The first-order chi connectivity index (χ1) is 17.0. The minimum absolute atomic E-state index is 0.0507. The van der Waals surface area contributed by atoms with Crippen LogP contribution in [0.4, 0.5) is 8.78 Å². The van der Waals surface area contributed by atoms with E-state index in [2.05, 4.69) is 18.1 Å². The molecule has 0 spiro atoms. The number of hydrogen-bond donors (Lipinski definition) is 3. The van der Waals surface area contributed by atoms with E-state index in [1.54, 1.807) is 10.9 Å². The summed E-state index contributed by atoms with van der Waals surface area (Å²) in [4.78, 5) is 12.6. The number of allylic oxidation sites excluding steroid dienone is 1. The molecule has 1 aromatic carbocycles. The minimum Gasteiger partial charge on any atom is -0.393 e. The molecule has 0 amide bonds. The third-order valence-corrected chi connectivity index (χ3v) is 10.3. The quantitative estimate of drug-likeness (QED) is 0.601. The third kappa shape index (κ3) is 3.04. The van der Waals surface area contributed by atoms with Crippen LogP contribution in [0.3, 0.4) is 0 Å². The molecule has 4 aliphatic carbocycles. The lowest BCUT2D eigenvalue weighted by Crippen LogP contribution is -2.62. The average molecular weight is 499 g/mol. The number of benzene rings is 1. The normalized spacial score (nSPS) is 39.0. The van der Waals surface area contributed by atoms with Gasteiger partial charge in [0, 0.05) is 11.5 Å². The van der Waals surface area contributed by atoms with Gasteiger partial charge in [0.2, 0.25) is 0 Å². The molecule has 36 heavy (non-hydrogen) atoms. The van der Waals surface area contributed by atoms with E-state index in [1.165, 1.54) is 17.7 Å². The number of rotatable bonds is 3. The van der Waals surface area contributed by atoms with E-state index in [0.29, 0.717) is 31.4 Å². The first-order valence-corrected chi connectivity index (χ1v) is 12.8. The van der Waals surface area contributed by atoms with Gasteiger partial charge in [0.25, 0.3) is 0 Å². The second kappa shape index (κ2) is 7.79. The van der Waals surface area contributed by atoms with E-state index in [1.807, 2.05) is 6.92 Å². The maximum atomic E-state index is 13.9. The highest BCUT2D eigenvalue weighted by molar-refractivity contribution is 5.89. The summed E-state index contributed by atoms with van der Waals surface area (Å²) in [5.41, 5.74) is 0.565. The van der Waals surface area contributed by atoms with E-state index in [0.717, 1.165) is 30.2 Å². The fraction of sp³-hybridized carbons (Fsp3) is 0.571. The summed E-state index contributed by atoms with van der Waals surface area (Å²) in [5.74, 6) is -1.71. The highest BCUT2D eigenvalue weighted by Gasteiger charge is 2.68. The number of aliphatic hydroxyl groups is 3. The Kier molecular flexibility index (Phi) is 5.18. The lowest BCUT2D eigenvalue weighted by atomic mass is 9.45. The van der Waals surface area contributed by atoms with Crippen molar-refractivity contribution in [3.8, 4) is 5.69 Å². The van der Waals surface area contributed by atoms with Crippen LogP contribution in [0.25, 0.3) is 11.8 Å². The van der Waals surface area contributed by atoms with Crippen molar-refractivity contribution in [2.75, 3.05) is 6.61 Å². The van der Waals surface area contributed by atoms with Crippen LogP contribution in [-0.4, -0.2) is 49.2 Å². The van der Waals surface area contributed by atoms with Crippen LogP contribution in [0.15, 0.2) is 30.0 Å². The van der Waals surface area contributed by atoms with Gasteiger partial charge in [-0.05, 0) is 85.5 Å². The number of Topliss-reactive ketones (excluding diaryl/α,β-unsaturated/α-hetero) is 1. The number of fused-ring (bicyclic) bond motifs is 6. The predicted molar refractivity (Wildman–Crippen MR) is 128 cm³/mol. The molecule has 1 aromatic heterocycles. The molecule has 3 saturated carbocycles. The standard InChI is InChI=1S/C28H32F2N2O4/c1-26-11-15-13-31-32(19-9-17(29)8-18(30)10-19)22(15)7-16(26)3-4-20-21-5-6-28(36,24(35)14-33)27(21,2)12-23(34)25(20)26/h7-10,13,20-21,23,25,33-34,36H,3-6,11-12,14H2,1-2H3/t20-,21-,23-,25+,26-,27-,28-/m0/s1. The number of hydrogen-bond acceptors (Lipinski definition) is 5. The summed E-state index contributed by atoms with van der Waals surface area (Å²) in [6, 6.07) is 3.37. The Balaban J connectivity index is 1.37. The van der Waals surface area contributed by atoms with Gasteiger partial charge in [0.1, 0.15) is 23.8 Å². The van der Waals surface area contributed by atoms with Crippen molar-refractivity contribution in [3.05, 3.63) is 52.9 Å². The highest BCUT2D eigenvalue weighted by Crippen LogP contribution is 2.67. The van der Waals surface area contributed by atoms with Gasteiger partial charge in [-0.2, -0.15) is 5.10 Å². The second-order valence-corrected chi connectivity index (χ2v) is 11.9. The lowest BCUT2D eigenvalue weighted by Gasteiger charge is -2.60. The molecule has 7 atom stereocenters. The van der Waals surface area contributed by atoms with Crippen molar-refractivity contribution >= 4 is 11.9 Å². The van der Waals surface area contributed by atoms with Gasteiger partial charge < -0.3 is 15.3 Å². The van der Waals surface area contributed by atoms with Gasteiger partial charge in [-0.15, -0.1) is 0 Å². The lowest BCUT2D eigenvalue weighted by molar-refractivity contribution is -0.181. The Labute approximate surface area is 208 Å². The van der Waals surface area contributed by atoms with Crippen LogP contribution in [-0.2, 0) is 11.2 Å². The Morgan fingerprint density at radius 3 is 2.61 bits per heavy atom. The number of halogens is 2. The summed E-state index contributed by atoms with van der Waals surface area (Å²) < 4.78 is 29.4. The fourth-order valence-electron chi connectivity index (χ4n) is 8.65. The minimum atomic E-state index is -1.61. The number of carbonyl (C=O) groups excluding carboxylic acids is 1. The SMILES string of the molecule is C[C@]12Cc3cnn(-c4cc(F)cc(F)c4)c3C=C1CC[C@@H]1[C@@H]2[C@@H](O)C[C@@]2(C)[C@H]1CC[C@]2(O)C(=O)CO. The summed E-state index contributed by atoms with van der Waals surface area (Å²) in [5, 5.41) is 37.0. The topological polar surface area (TPSA) is 95.6 Å². The van der Waals surface area contributed by atoms with Crippen LogP contribution in [0, 0.1) is 40.2 Å². The summed E-state index contributed by atoms with van der Waals surface area (Å²) in [7, 11) is 0. The van der Waals surface area contributed by atoms with Gasteiger partial charge in [-0.1, -0.05) is 19.4 Å². The molecule has 0 aliphatic heterocycles. The fourth-order valence-corrected chi connectivity index (χ4v) is 8.65. The van der Waals surface area contributed by atoms with Gasteiger partial charge in [-0.3, -0.25) is 4.79 Å². The summed E-state index contributed by atoms with van der Waals surface area (Å²) in [6.45, 7) is 3.39. The summed E-state index contributed by atoms with van der Waals surface area (Å²) in [6.07, 6.45) is 6.68. The molecule has 0 saturated heterocycles. The van der Waals surface area contributed by atoms with Crippen molar-refractivity contribution in [1.82, 2.24) is 9.78 Å². The number of aromatic nitrogens is 2. The summed E-state index contributed by atoms with van der Waals surface area (Å²) >= 11 is 0. The van der Waals surface area contributed by atoms with Crippen molar-refractivity contribution in [1.29, 1.82) is 0 Å². The second-order valence-electron chi connectivity index (χ2n) is 11.9. The number of nitrogens with zero attached hydrogens (tertiary/aromatic N) is 2. The molecule has 3 fully saturated rings. The first kappa shape index (κ1) is 23.9. The zero-order chi connectivity index (χ0) is 25.6. The van der Waals surface area contributed by atoms with Gasteiger partial charge in [-0.25, -0.2) is 13.5 Å². The maximum absolute atomic E-state index is 13.9. The van der Waals surface area contributed by atoms with Crippen LogP contribution in [0.1, 0.15) is 57.2 Å². The van der Waals surface area contributed by atoms with Crippen molar-refractivity contribution in [2.24, 2.45) is 28.6 Å². The van der Waals surface area contributed by atoms with Crippen LogP contribution in [0.5, 0.6) is 0 Å². The van der Waals surface area contributed by atoms with Crippen LogP contribution >= 0.6 is 0 Å². The van der Waals surface area contributed by atoms with Crippen LogP contribution in [0.2, 0.25) is 0 Å². The van der Waals surface area contributed by atoms with E-state index in [9.17, 15) is 28.9 Å². The molecule has 0 unspecified atom stereocenters. The van der Waals surface area contributed by atoms with Crippen molar-refractivity contribution in [3.63, 3.8) is 0 Å².